The van der Waals surface area contributed by atoms with Crippen LogP contribution in [0.2, 0.25) is 0 Å². The van der Waals surface area contributed by atoms with Gasteiger partial charge >= 0.3 is 5.97 Å². The predicted octanol–water partition coefficient (Wildman–Crippen LogP) is 3.44. The van der Waals surface area contributed by atoms with Crippen LogP contribution in [0, 0.1) is 11.8 Å². The molecule has 2 N–H and O–H groups in total. The summed E-state index contributed by atoms with van der Waals surface area (Å²) in [6.07, 6.45) is 14.3. The van der Waals surface area contributed by atoms with E-state index in [1.54, 1.807) is 0 Å². The summed E-state index contributed by atoms with van der Waals surface area (Å²) in [5, 5.41) is 18.8. The van der Waals surface area contributed by atoms with Gasteiger partial charge in [-0.05, 0) is 38.5 Å². The third kappa shape index (κ3) is 5.64. The molecule has 3 atom stereocenters. The summed E-state index contributed by atoms with van der Waals surface area (Å²) >= 11 is 0. The van der Waals surface area contributed by atoms with Crippen molar-refractivity contribution in [1.29, 1.82) is 0 Å². The van der Waals surface area contributed by atoms with Crippen molar-refractivity contribution in [1.82, 2.24) is 0 Å². The lowest BCUT2D eigenvalue weighted by Gasteiger charge is -2.38. The lowest BCUT2D eigenvalue weighted by Crippen LogP contribution is -2.37. The van der Waals surface area contributed by atoms with Crippen molar-refractivity contribution in [3.8, 4) is 0 Å². The number of hydrogen-bond acceptors (Lipinski definition) is 4. The Bertz CT molecular complexity index is 559. The molecule has 0 amide bonds. The number of hydrogen-bond donors (Lipinski definition) is 2. The van der Waals surface area contributed by atoms with E-state index in [1.807, 2.05) is 30.4 Å². The number of allylic oxidation sites excluding steroid dienone is 2. The summed E-state index contributed by atoms with van der Waals surface area (Å²) in [5.41, 5.74) is -0.188. The summed E-state index contributed by atoms with van der Waals surface area (Å²) in [6, 6.07) is 0. The van der Waals surface area contributed by atoms with Crippen LogP contribution in [0.1, 0.15) is 51.4 Å². The van der Waals surface area contributed by atoms with E-state index < -0.39 is 12.1 Å². The number of aliphatic hydroxyl groups excluding tert-OH is 1. The topological polar surface area (TPSA) is 83.8 Å². The molecule has 0 radical (unpaired) electrons. The highest BCUT2D eigenvalue weighted by Crippen LogP contribution is 2.37. The van der Waals surface area contributed by atoms with Crippen LogP contribution in [0.15, 0.2) is 37.0 Å². The second kappa shape index (κ2) is 9.83. The smallest absolute Gasteiger partial charge is 0.303 e. The monoisotopic (exact) mass is 362 g/mol. The number of Topliss-reactive ketones (excluding diaryl/α,β-unsaturated/α-hetero) is 1. The van der Waals surface area contributed by atoms with Crippen molar-refractivity contribution in [2.24, 2.45) is 11.8 Å². The van der Waals surface area contributed by atoms with E-state index in [4.69, 9.17) is 9.84 Å². The highest BCUT2D eigenvalue weighted by molar-refractivity contribution is 5.84. The molecule has 26 heavy (non-hydrogen) atoms. The third-order valence-corrected chi connectivity index (χ3v) is 5.45. The molecule has 0 aliphatic heterocycles. The largest absolute Gasteiger partial charge is 0.481 e. The Morgan fingerprint density at radius 2 is 2.08 bits per heavy atom. The number of carboxylic acids is 1. The van der Waals surface area contributed by atoms with Crippen molar-refractivity contribution in [3.63, 3.8) is 0 Å². The average Bonchev–Trinajstić information content (AvgIpc) is 2.82. The summed E-state index contributed by atoms with van der Waals surface area (Å²) in [5.74, 6) is -1.10. The molecule has 5 nitrogen and oxygen atoms in total. The van der Waals surface area contributed by atoms with Crippen LogP contribution in [0.3, 0.4) is 0 Å². The van der Waals surface area contributed by atoms with Crippen molar-refractivity contribution in [2.75, 3.05) is 6.61 Å². The fourth-order valence-corrected chi connectivity index (χ4v) is 3.62. The van der Waals surface area contributed by atoms with Crippen molar-refractivity contribution in [2.45, 2.75) is 63.1 Å². The van der Waals surface area contributed by atoms with Crippen molar-refractivity contribution < 1.29 is 24.5 Å². The molecule has 5 heteroatoms. The number of rotatable bonds is 11. The fraction of sp³-hybridized carbons (Fsp3) is 0.619. The van der Waals surface area contributed by atoms with Crippen molar-refractivity contribution in [3.05, 3.63) is 37.0 Å². The quantitative estimate of drug-likeness (QED) is 0.434. The van der Waals surface area contributed by atoms with E-state index >= 15 is 0 Å². The zero-order valence-corrected chi connectivity index (χ0v) is 15.3. The summed E-state index contributed by atoms with van der Waals surface area (Å²) in [6.45, 7) is 4.30. The average molecular weight is 362 g/mol. The maximum Gasteiger partial charge on any atom is 0.303 e. The minimum absolute atomic E-state index is 0.0878. The van der Waals surface area contributed by atoms with Gasteiger partial charge in [0.15, 0.2) is 0 Å². The van der Waals surface area contributed by atoms with Gasteiger partial charge in [0.1, 0.15) is 5.78 Å². The Hall–Kier alpha value is -1.72. The predicted molar refractivity (Wildman–Crippen MR) is 99.7 cm³/mol. The SMILES string of the molecule is C=CC1(OC/C=C/[C@H]2[C@H](O)CC(=O)[C@@H]2C/C=C\CCCC(=O)O)CCC1. The maximum absolute atomic E-state index is 12.1. The van der Waals surface area contributed by atoms with Gasteiger partial charge in [-0.3, -0.25) is 9.59 Å². The van der Waals surface area contributed by atoms with E-state index in [-0.39, 0.29) is 36.1 Å². The Kier molecular flexibility index (Phi) is 7.79. The number of aliphatic hydroxyl groups is 1. The fourth-order valence-electron chi connectivity index (χ4n) is 3.62. The molecule has 0 unspecified atom stereocenters. The zero-order chi connectivity index (χ0) is 19.0. The summed E-state index contributed by atoms with van der Waals surface area (Å²) in [7, 11) is 0. The standard InChI is InChI=1S/C21H30O5/c1-2-21(12-8-13-21)26-14-7-10-17-16(18(22)15-19(17)23)9-5-3-4-6-11-20(24)25/h2-3,5,7,10,16-17,19,23H,1,4,6,8-9,11-15H2,(H,24,25)/b5-3-,10-7+/t16-,17-,19-/m1/s1. The number of carbonyl (C=O) groups is 2. The Morgan fingerprint density at radius 1 is 1.31 bits per heavy atom. The Morgan fingerprint density at radius 3 is 2.69 bits per heavy atom. The van der Waals surface area contributed by atoms with Crippen LogP contribution >= 0.6 is 0 Å². The van der Waals surface area contributed by atoms with Crippen LogP contribution in [0.25, 0.3) is 0 Å². The van der Waals surface area contributed by atoms with Crippen LogP contribution in [0.5, 0.6) is 0 Å². The maximum atomic E-state index is 12.1. The van der Waals surface area contributed by atoms with Gasteiger partial charge in [0.2, 0.25) is 0 Å². The zero-order valence-electron chi connectivity index (χ0n) is 15.3. The number of carbonyl (C=O) groups excluding carboxylic acids is 1. The van der Waals surface area contributed by atoms with E-state index in [2.05, 4.69) is 6.58 Å². The van der Waals surface area contributed by atoms with E-state index in [1.165, 1.54) is 0 Å². The molecule has 0 aromatic rings. The molecule has 0 spiro atoms. The highest BCUT2D eigenvalue weighted by Gasteiger charge is 2.39. The molecule has 0 bridgehead atoms. The number of ether oxygens (including phenoxy) is 1. The molecule has 0 aromatic heterocycles. The molecule has 0 saturated heterocycles. The molecule has 2 fully saturated rings. The molecule has 144 valence electrons. The van der Waals surface area contributed by atoms with Gasteiger partial charge in [-0.2, -0.15) is 0 Å². The first-order chi connectivity index (χ1) is 12.5. The van der Waals surface area contributed by atoms with Gasteiger partial charge < -0.3 is 14.9 Å². The minimum Gasteiger partial charge on any atom is -0.481 e. The van der Waals surface area contributed by atoms with E-state index in [9.17, 15) is 14.7 Å². The van der Waals surface area contributed by atoms with Crippen LogP contribution in [-0.2, 0) is 14.3 Å². The van der Waals surface area contributed by atoms with Gasteiger partial charge in [-0.1, -0.05) is 30.4 Å². The summed E-state index contributed by atoms with van der Waals surface area (Å²) in [4.78, 5) is 22.6. The van der Waals surface area contributed by atoms with Gasteiger partial charge in [0, 0.05) is 24.7 Å². The molecule has 2 aliphatic rings. The molecular formula is C21H30O5. The Balaban J connectivity index is 1.79. The van der Waals surface area contributed by atoms with E-state index in [0.717, 1.165) is 19.3 Å². The van der Waals surface area contributed by atoms with Gasteiger partial charge in [0.05, 0.1) is 18.3 Å². The normalized spacial score (nSPS) is 27.9. The molecule has 2 aliphatic carbocycles. The molecule has 0 aromatic carbocycles. The van der Waals surface area contributed by atoms with Crippen molar-refractivity contribution >= 4 is 11.8 Å². The number of aliphatic carboxylic acids is 1. The first kappa shape index (κ1) is 20.6. The first-order valence-electron chi connectivity index (χ1n) is 9.49. The van der Waals surface area contributed by atoms with Gasteiger partial charge in [-0.25, -0.2) is 0 Å². The van der Waals surface area contributed by atoms with Crippen LogP contribution < -0.4 is 0 Å². The second-order valence-corrected chi connectivity index (χ2v) is 7.28. The molecule has 2 rings (SSSR count). The number of ketones is 1. The van der Waals surface area contributed by atoms with Crippen LogP contribution in [-0.4, -0.2) is 40.3 Å². The first-order valence-corrected chi connectivity index (χ1v) is 9.49. The van der Waals surface area contributed by atoms with E-state index in [0.29, 0.717) is 25.9 Å². The third-order valence-electron chi connectivity index (χ3n) is 5.45. The second-order valence-electron chi connectivity index (χ2n) is 7.28. The summed E-state index contributed by atoms with van der Waals surface area (Å²) < 4.78 is 5.88. The molecular weight excluding hydrogens is 332 g/mol. The highest BCUT2D eigenvalue weighted by atomic mass is 16.5. The molecule has 2 saturated carbocycles. The lowest BCUT2D eigenvalue weighted by molar-refractivity contribution is -0.137. The van der Waals surface area contributed by atoms with Gasteiger partial charge in [-0.15, -0.1) is 6.58 Å². The minimum atomic E-state index is -0.792. The number of unbranched alkanes of at least 4 members (excludes halogenated alkanes) is 1. The lowest BCUT2D eigenvalue weighted by atomic mass is 9.80. The number of carboxylic acid groups (broad SMARTS) is 1. The Labute approximate surface area is 155 Å². The molecule has 0 heterocycles. The van der Waals surface area contributed by atoms with Crippen LogP contribution in [0.4, 0.5) is 0 Å². The van der Waals surface area contributed by atoms with Gasteiger partial charge in [0.25, 0.3) is 0 Å².